The Morgan fingerprint density at radius 2 is 2.16 bits per heavy atom. The van der Waals surface area contributed by atoms with Crippen LogP contribution in [0.2, 0.25) is 0 Å². The lowest BCUT2D eigenvalue weighted by atomic mass is 9.94. The molecule has 166 valence electrons. The standard InChI is InChI=1S/C23H24N4O4S/c1-2-30-22(29)16-10-6-12-26(14-16)18(15-8-4-3-5-9-15)19-21(28)27-23(32-19)24-20(25-27)17-11-7-13-31-17/h3-5,7-9,11,13,16,18,28H,2,6,10,12,14H2,1H3/t16-,18+/m0/s1. The van der Waals surface area contributed by atoms with Gasteiger partial charge in [0.1, 0.15) is 0 Å². The van der Waals surface area contributed by atoms with E-state index in [4.69, 9.17) is 9.15 Å². The fourth-order valence-electron chi connectivity index (χ4n) is 4.30. The Bertz CT molecular complexity index is 1200. The molecule has 1 N–H and O–H groups in total. The van der Waals surface area contributed by atoms with E-state index < -0.39 is 0 Å². The molecule has 0 bridgehead atoms. The van der Waals surface area contributed by atoms with Crippen molar-refractivity contribution in [1.29, 1.82) is 0 Å². The number of nitrogens with zero attached hydrogens (tertiary/aromatic N) is 4. The van der Waals surface area contributed by atoms with Crippen LogP contribution in [-0.4, -0.2) is 50.3 Å². The predicted octanol–water partition coefficient (Wildman–Crippen LogP) is 4.12. The van der Waals surface area contributed by atoms with Crippen molar-refractivity contribution in [3.8, 4) is 17.5 Å². The lowest BCUT2D eigenvalue weighted by Crippen LogP contribution is -2.41. The van der Waals surface area contributed by atoms with Crippen molar-refractivity contribution < 1.29 is 19.1 Å². The number of carbonyl (C=O) groups is 1. The number of benzene rings is 1. The molecule has 4 aromatic rings. The molecule has 1 aliphatic rings. The lowest BCUT2D eigenvalue weighted by Gasteiger charge is -2.37. The molecule has 4 heterocycles. The molecule has 0 amide bonds. The summed E-state index contributed by atoms with van der Waals surface area (Å²) < 4.78 is 12.1. The first-order chi connectivity index (χ1) is 15.7. The van der Waals surface area contributed by atoms with Crippen molar-refractivity contribution >= 4 is 22.3 Å². The first-order valence-electron chi connectivity index (χ1n) is 10.7. The third-order valence-corrected chi connectivity index (χ3v) is 6.82. The maximum Gasteiger partial charge on any atom is 0.310 e. The highest BCUT2D eigenvalue weighted by Gasteiger charge is 2.35. The molecule has 9 heteroatoms. The lowest BCUT2D eigenvalue weighted by molar-refractivity contribution is -0.150. The number of aromatic hydroxyl groups is 1. The Morgan fingerprint density at radius 1 is 1.31 bits per heavy atom. The summed E-state index contributed by atoms with van der Waals surface area (Å²) in [6.07, 6.45) is 3.26. The molecule has 1 aliphatic heterocycles. The molecule has 1 fully saturated rings. The number of hydrogen-bond donors (Lipinski definition) is 1. The highest BCUT2D eigenvalue weighted by atomic mass is 32.1. The first-order valence-corrected chi connectivity index (χ1v) is 11.5. The highest BCUT2D eigenvalue weighted by molar-refractivity contribution is 7.17. The number of esters is 1. The van der Waals surface area contributed by atoms with E-state index in [-0.39, 0.29) is 23.8 Å². The van der Waals surface area contributed by atoms with Gasteiger partial charge in [0.15, 0.2) is 5.76 Å². The number of aromatic nitrogens is 3. The van der Waals surface area contributed by atoms with E-state index >= 15 is 0 Å². The van der Waals surface area contributed by atoms with Gasteiger partial charge in [-0.3, -0.25) is 9.69 Å². The van der Waals surface area contributed by atoms with Crippen LogP contribution in [0.25, 0.3) is 16.5 Å². The van der Waals surface area contributed by atoms with Gasteiger partial charge in [0.25, 0.3) is 0 Å². The predicted molar refractivity (Wildman–Crippen MR) is 119 cm³/mol. The zero-order valence-electron chi connectivity index (χ0n) is 17.7. The second-order valence-corrected chi connectivity index (χ2v) is 8.81. The third kappa shape index (κ3) is 3.78. The van der Waals surface area contributed by atoms with Gasteiger partial charge in [-0.25, -0.2) is 0 Å². The quantitative estimate of drug-likeness (QED) is 0.440. The van der Waals surface area contributed by atoms with Crippen molar-refractivity contribution in [3.63, 3.8) is 0 Å². The van der Waals surface area contributed by atoms with Crippen molar-refractivity contribution in [2.45, 2.75) is 25.8 Å². The second-order valence-electron chi connectivity index (χ2n) is 7.80. The van der Waals surface area contributed by atoms with Crippen LogP contribution in [0.3, 0.4) is 0 Å². The van der Waals surface area contributed by atoms with E-state index in [9.17, 15) is 9.90 Å². The third-order valence-electron chi connectivity index (χ3n) is 5.74. The normalized spacial score (nSPS) is 18.1. The zero-order valence-corrected chi connectivity index (χ0v) is 18.5. The van der Waals surface area contributed by atoms with Crippen LogP contribution in [0.4, 0.5) is 0 Å². The molecule has 2 atom stereocenters. The molecule has 1 saturated heterocycles. The van der Waals surface area contributed by atoms with Crippen LogP contribution in [0.1, 0.15) is 36.2 Å². The number of rotatable bonds is 6. The van der Waals surface area contributed by atoms with Crippen LogP contribution in [-0.2, 0) is 9.53 Å². The fraction of sp³-hybridized carbons (Fsp3) is 0.348. The number of fused-ring (bicyclic) bond motifs is 1. The number of piperidine rings is 1. The smallest absolute Gasteiger partial charge is 0.310 e. The summed E-state index contributed by atoms with van der Waals surface area (Å²) >= 11 is 1.40. The average molecular weight is 453 g/mol. The molecule has 32 heavy (non-hydrogen) atoms. The Kier molecular flexibility index (Phi) is 5.67. The number of carbonyl (C=O) groups excluding carboxylic acids is 1. The molecule has 3 aromatic heterocycles. The molecule has 0 aliphatic carbocycles. The van der Waals surface area contributed by atoms with E-state index in [1.54, 1.807) is 18.4 Å². The average Bonchev–Trinajstić information content (AvgIpc) is 3.54. The molecular weight excluding hydrogens is 428 g/mol. The summed E-state index contributed by atoms with van der Waals surface area (Å²) in [5.41, 5.74) is 1.04. The maximum atomic E-state index is 12.4. The highest BCUT2D eigenvalue weighted by Crippen LogP contribution is 2.41. The minimum Gasteiger partial charge on any atom is -0.492 e. The topological polar surface area (TPSA) is 93.1 Å². The summed E-state index contributed by atoms with van der Waals surface area (Å²) in [5, 5.41) is 15.6. The zero-order chi connectivity index (χ0) is 22.1. The van der Waals surface area contributed by atoms with Gasteiger partial charge in [0.05, 0.1) is 29.7 Å². The summed E-state index contributed by atoms with van der Waals surface area (Å²) in [7, 11) is 0. The number of ether oxygens (including phenoxy) is 1. The van der Waals surface area contributed by atoms with Gasteiger partial charge < -0.3 is 14.3 Å². The summed E-state index contributed by atoms with van der Waals surface area (Å²) in [4.78, 5) is 20.6. The van der Waals surface area contributed by atoms with Gasteiger partial charge in [0.2, 0.25) is 16.7 Å². The van der Waals surface area contributed by atoms with Crippen LogP contribution >= 0.6 is 11.3 Å². The monoisotopic (exact) mass is 452 g/mol. The van der Waals surface area contributed by atoms with Gasteiger partial charge in [-0.05, 0) is 44.0 Å². The minimum atomic E-state index is -0.214. The van der Waals surface area contributed by atoms with Crippen molar-refractivity contribution in [1.82, 2.24) is 19.5 Å². The molecular formula is C23H24N4O4S. The Morgan fingerprint density at radius 3 is 2.88 bits per heavy atom. The van der Waals surface area contributed by atoms with Gasteiger partial charge in [-0.1, -0.05) is 41.7 Å². The van der Waals surface area contributed by atoms with Crippen LogP contribution in [0.15, 0.2) is 53.1 Å². The van der Waals surface area contributed by atoms with E-state index in [1.807, 2.05) is 37.3 Å². The number of thiazole rings is 1. The van der Waals surface area contributed by atoms with E-state index in [1.165, 1.54) is 15.9 Å². The van der Waals surface area contributed by atoms with Gasteiger partial charge in [-0.2, -0.15) is 9.50 Å². The summed E-state index contributed by atoms with van der Waals surface area (Å²) in [5.74, 6) is 0.709. The van der Waals surface area contributed by atoms with Gasteiger partial charge in [0, 0.05) is 6.54 Å². The van der Waals surface area contributed by atoms with Crippen LogP contribution < -0.4 is 0 Å². The van der Waals surface area contributed by atoms with Crippen LogP contribution in [0.5, 0.6) is 5.88 Å². The molecule has 0 saturated carbocycles. The molecule has 1 aromatic carbocycles. The van der Waals surface area contributed by atoms with E-state index in [0.717, 1.165) is 29.8 Å². The summed E-state index contributed by atoms with van der Waals surface area (Å²) in [6.45, 7) is 3.60. The second kappa shape index (κ2) is 8.76. The summed E-state index contributed by atoms with van der Waals surface area (Å²) in [6, 6.07) is 13.4. The van der Waals surface area contributed by atoms with Crippen LogP contribution in [0, 0.1) is 5.92 Å². The minimum absolute atomic E-state index is 0.0578. The SMILES string of the molecule is CCOC(=O)[C@H]1CCCN([C@H](c2ccccc2)c2sc3nc(-c4ccco4)nn3c2O)C1. The van der Waals surface area contributed by atoms with Gasteiger partial charge in [-0.15, -0.1) is 5.10 Å². The van der Waals surface area contributed by atoms with Crippen molar-refractivity contribution in [2.24, 2.45) is 5.92 Å². The molecule has 0 radical (unpaired) electrons. The Balaban J connectivity index is 1.53. The van der Waals surface area contributed by atoms with E-state index in [0.29, 0.717) is 29.7 Å². The van der Waals surface area contributed by atoms with Crippen molar-refractivity contribution in [2.75, 3.05) is 19.7 Å². The fourth-order valence-corrected chi connectivity index (χ4v) is 5.41. The van der Waals surface area contributed by atoms with Gasteiger partial charge >= 0.3 is 5.97 Å². The van der Waals surface area contributed by atoms with E-state index in [2.05, 4.69) is 15.0 Å². The molecule has 5 rings (SSSR count). The Hall–Kier alpha value is -3.17. The maximum absolute atomic E-state index is 12.4. The molecule has 8 nitrogen and oxygen atoms in total. The number of likely N-dealkylation sites (tertiary alicyclic amines) is 1. The van der Waals surface area contributed by atoms with Crippen molar-refractivity contribution in [3.05, 3.63) is 59.2 Å². The first kappa shape index (κ1) is 20.7. The number of furan rings is 1. The molecule has 0 spiro atoms. The largest absolute Gasteiger partial charge is 0.492 e. The molecule has 0 unspecified atom stereocenters. The Labute approximate surface area is 189 Å². The number of hydrogen-bond acceptors (Lipinski definition) is 8.